The first-order valence-electron chi connectivity index (χ1n) is 9.54. The summed E-state index contributed by atoms with van der Waals surface area (Å²) in [6.07, 6.45) is 13.0. The molecule has 0 saturated heterocycles. The molecule has 2 rings (SSSR count). The molecule has 1 saturated carbocycles. The maximum absolute atomic E-state index is 3.90. The zero-order valence-corrected chi connectivity index (χ0v) is 15.7. The van der Waals surface area contributed by atoms with Crippen molar-refractivity contribution in [3.63, 3.8) is 0 Å². The number of benzene rings is 1. The number of hydrogen-bond donors (Lipinski definition) is 3. The van der Waals surface area contributed by atoms with Crippen LogP contribution in [0.2, 0.25) is 0 Å². The van der Waals surface area contributed by atoms with Crippen LogP contribution in [0.15, 0.2) is 60.7 Å². The van der Waals surface area contributed by atoms with Crippen molar-refractivity contribution >= 4 is 11.4 Å². The average Bonchev–Trinajstić information content (AvgIpc) is 2.65. The molecule has 3 nitrogen and oxygen atoms in total. The molecule has 0 amide bonds. The number of rotatable bonds is 9. The van der Waals surface area contributed by atoms with Crippen LogP contribution in [0.1, 0.15) is 39.5 Å². The van der Waals surface area contributed by atoms with E-state index in [2.05, 4.69) is 65.9 Å². The molecule has 0 spiro atoms. The Hall–Kier alpha value is -2.00. The summed E-state index contributed by atoms with van der Waals surface area (Å²) >= 11 is 0. The molecule has 0 unspecified atom stereocenters. The number of anilines is 2. The smallest absolute Gasteiger partial charge is 0.0578 e. The standard InChI is InChI=1S/C22H33N3/c1-4-7-10-18(5-2)17-24-19-13-15-20(16-14-19)25-22-12-9-8-11-21(22)23-6-3/h4-5,7-12,19-20,23-25H,2,6,13-17H2,1,3H3/b7-4-,18-10+/t19-,20-. The van der Waals surface area contributed by atoms with Crippen molar-refractivity contribution in [2.75, 3.05) is 23.7 Å². The number of nitrogens with one attached hydrogen (secondary N) is 3. The summed E-state index contributed by atoms with van der Waals surface area (Å²) in [5.41, 5.74) is 3.68. The lowest BCUT2D eigenvalue weighted by atomic mass is 9.90. The highest BCUT2D eigenvalue weighted by Gasteiger charge is 2.21. The highest BCUT2D eigenvalue weighted by Crippen LogP contribution is 2.26. The lowest BCUT2D eigenvalue weighted by molar-refractivity contribution is 0.362. The highest BCUT2D eigenvalue weighted by atomic mass is 15.0. The molecule has 1 aliphatic rings. The van der Waals surface area contributed by atoms with Gasteiger partial charge >= 0.3 is 0 Å². The molecule has 0 aliphatic heterocycles. The molecular formula is C22H33N3. The highest BCUT2D eigenvalue weighted by molar-refractivity contribution is 5.68. The van der Waals surface area contributed by atoms with Gasteiger partial charge in [-0.05, 0) is 57.2 Å². The van der Waals surface area contributed by atoms with Crippen LogP contribution in [0.5, 0.6) is 0 Å². The van der Waals surface area contributed by atoms with E-state index in [1.54, 1.807) is 0 Å². The van der Waals surface area contributed by atoms with Crippen LogP contribution in [0.4, 0.5) is 11.4 Å². The van der Waals surface area contributed by atoms with E-state index in [4.69, 9.17) is 0 Å². The predicted octanol–water partition coefficient (Wildman–Crippen LogP) is 5.12. The Bertz CT molecular complexity index is 581. The minimum absolute atomic E-state index is 0.565. The van der Waals surface area contributed by atoms with Crippen LogP contribution in [0.3, 0.4) is 0 Å². The average molecular weight is 340 g/mol. The van der Waals surface area contributed by atoms with Gasteiger partial charge in [0, 0.05) is 25.2 Å². The molecule has 0 aromatic heterocycles. The number of para-hydroxylation sites is 2. The van der Waals surface area contributed by atoms with Crippen molar-refractivity contribution in [2.24, 2.45) is 0 Å². The zero-order chi connectivity index (χ0) is 17.9. The summed E-state index contributed by atoms with van der Waals surface area (Å²) in [6, 6.07) is 9.68. The van der Waals surface area contributed by atoms with E-state index in [1.165, 1.54) is 42.6 Å². The Morgan fingerprint density at radius 2 is 1.80 bits per heavy atom. The van der Waals surface area contributed by atoms with Crippen molar-refractivity contribution in [3.05, 3.63) is 60.7 Å². The van der Waals surface area contributed by atoms with E-state index >= 15 is 0 Å². The summed E-state index contributed by atoms with van der Waals surface area (Å²) in [5, 5.41) is 10.9. The van der Waals surface area contributed by atoms with Crippen molar-refractivity contribution < 1.29 is 0 Å². The van der Waals surface area contributed by atoms with Crippen LogP contribution < -0.4 is 16.0 Å². The van der Waals surface area contributed by atoms with Gasteiger partial charge in [0.25, 0.3) is 0 Å². The van der Waals surface area contributed by atoms with Gasteiger partial charge in [-0.15, -0.1) is 0 Å². The van der Waals surface area contributed by atoms with Gasteiger partial charge < -0.3 is 16.0 Å². The lowest BCUT2D eigenvalue weighted by Crippen LogP contribution is -2.37. The van der Waals surface area contributed by atoms with Crippen molar-refractivity contribution in [2.45, 2.75) is 51.6 Å². The van der Waals surface area contributed by atoms with Crippen molar-refractivity contribution in [1.29, 1.82) is 0 Å². The van der Waals surface area contributed by atoms with Gasteiger partial charge in [0.05, 0.1) is 11.4 Å². The predicted molar refractivity (Wildman–Crippen MR) is 111 cm³/mol. The van der Waals surface area contributed by atoms with E-state index in [1.807, 2.05) is 19.1 Å². The minimum atomic E-state index is 0.565. The fourth-order valence-electron chi connectivity index (χ4n) is 3.30. The van der Waals surface area contributed by atoms with E-state index in [9.17, 15) is 0 Å². The third-order valence-electron chi connectivity index (χ3n) is 4.74. The van der Waals surface area contributed by atoms with Gasteiger partial charge in [0.1, 0.15) is 0 Å². The summed E-state index contributed by atoms with van der Waals surface area (Å²) < 4.78 is 0. The van der Waals surface area contributed by atoms with Crippen LogP contribution in [-0.4, -0.2) is 25.2 Å². The molecule has 3 N–H and O–H groups in total. The quantitative estimate of drug-likeness (QED) is 0.547. The minimum Gasteiger partial charge on any atom is -0.384 e. The number of hydrogen-bond acceptors (Lipinski definition) is 3. The largest absolute Gasteiger partial charge is 0.384 e. The fraction of sp³-hybridized carbons (Fsp3) is 0.455. The molecule has 3 heteroatoms. The summed E-state index contributed by atoms with van der Waals surface area (Å²) in [5.74, 6) is 0. The van der Waals surface area contributed by atoms with E-state index in [0.29, 0.717) is 12.1 Å². The molecule has 136 valence electrons. The second-order valence-corrected chi connectivity index (χ2v) is 6.62. The maximum atomic E-state index is 3.90. The van der Waals surface area contributed by atoms with Crippen molar-refractivity contribution in [1.82, 2.24) is 5.32 Å². The first kappa shape index (κ1) is 19.3. The fourth-order valence-corrected chi connectivity index (χ4v) is 3.30. The molecule has 1 aromatic rings. The molecule has 1 fully saturated rings. The van der Waals surface area contributed by atoms with Gasteiger partial charge in [0.2, 0.25) is 0 Å². The Balaban J connectivity index is 1.79. The zero-order valence-electron chi connectivity index (χ0n) is 15.7. The first-order valence-corrected chi connectivity index (χ1v) is 9.54. The Morgan fingerprint density at radius 1 is 1.12 bits per heavy atom. The van der Waals surface area contributed by atoms with E-state index in [0.717, 1.165) is 13.1 Å². The molecular weight excluding hydrogens is 306 g/mol. The SMILES string of the molecule is C=C/C(=C\C=C/C)CN[C@H]1CC[C@H](Nc2ccccc2NCC)CC1. The lowest BCUT2D eigenvalue weighted by Gasteiger charge is -2.31. The molecule has 0 atom stereocenters. The number of allylic oxidation sites excluding steroid dienone is 3. The topological polar surface area (TPSA) is 36.1 Å². The van der Waals surface area contributed by atoms with Crippen LogP contribution in [-0.2, 0) is 0 Å². The maximum Gasteiger partial charge on any atom is 0.0578 e. The summed E-state index contributed by atoms with van der Waals surface area (Å²) in [4.78, 5) is 0. The van der Waals surface area contributed by atoms with Crippen LogP contribution in [0.25, 0.3) is 0 Å². The normalized spacial score (nSPS) is 21.3. The first-order chi connectivity index (χ1) is 12.3. The molecule has 0 bridgehead atoms. The van der Waals surface area contributed by atoms with Gasteiger partial charge in [-0.3, -0.25) is 0 Å². The van der Waals surface area contributed by atoms with Gasteiger partial charge in [-0.1, -0.05) is 43.0 Å². The summed E-state index contributed by atoms with van der Waals surface area (Å²) in [7, 11) is 0. The molecule has 0 heterocycles. The third kappa shape index (κ3) is 6.43. The molecule has 1 aliphatic carbocycles. The Kier molecular flexibility index (Phi) is 8.33. The monoisotopic (exact) mass is 339 g/mol. The third-order valence-corrected chi connectivity index (χ3v) is 4.74. The van der Waals surface area contributed by atoms with Gasteiger partial charge in [0.15, 0.2) is 0 Å². The Morgan fingerprint density at radius 3 is 2.44 bits per heavy atom. The second-order valence-electron chi connectivity index (χ2n) is 6.62. The van der Waals surface area contributed by atoms with Gasteiger partial charge in [-0.2, -0.15) is 0 Å². The van der Waals surface area contributed by atoms with Crippen LogP contribution in [0, 0.1) is 0 Å². The van der Waals surface area contributed by atoms with Crippen molar-refractivity contribution in [3.8, 4) is 0 Å². The van der Waals surface area contributed by atoms with E-state index < -0.39 is 0 Å². The second kappa shape index (κ2) is 10.8. The molecule has 1 aromatic carbocycles. The molecule has 0 radical (unpaired) electrons. The van der Waals surface area contributed by atoms with E-state index in [-0.39, 0.29) is 0 Å². The Labute approximate surface area is 153 Å². The van der Waals surface area contributed by atoms with Gasteiger partial charge in [-0.25, -0.2) is 0 Å². The summed E-state index contributed by atoms with van der Waals surface area (Å²) in [6.45, 7) is 9.92. The van der Waals surface area contributed by atoms with Crippen LogP contribution >= 0.6 is 0 Å². The molecule has 25 heavy (non-hydrogen) atoms.